The molecular formula is C31H22F10O. The molecule has 0 bridgehead atoms. The summed E-state index contributed by atoms with van der Waals surface area (Å²) in [7, 11) is 0. The van der Waals surface area contributed by atoms with E-state index in [1.807, 2.05) is 0 Å². The summed E-state index contributed by atoms with van der Waals surface area (Å²) in [5.41, 5.74) is -3.47. The normalized spacial score (nSPS) is 11.7. The fraction of sp³-hybridized carbons (Fsp3) is 0.226. The van der Waals surface area contributed by atoms with Gasteiger partial charge < -0.3 is 4.74 Å². The monoisotopic (exact) mass is 600 g/mol. The van der Waals surface area contributed by atoms with Crippen LogP contribution < -0.4 is 4.74 Å². The van der Waals surface area contributed by atoms with Gasteiger partial charge in [-0.3, -0.25) is 0 Å². The Balaban J connectivity index is 1.63. The van der Waals surface area contributed by atoms with E-state index in [9.17, 15) is 35.1 Å². The molecule has 0 spiro atoms. The molecule has 11 heteroatoms. The third-order valence-electron chi connectivity index (χ3n) is 6.53. The lowest BCUT2D eigenvalue weighted by molar-refractivity contribution is -0.189. The third kappa shape index (κ3) is 6.55. The zero-order valence-corrected chi connectivity index (χ0v) is 21.9. The van der Waals surface area contributed by atoms with Crippen molar-refractivity contribution >= 4 is 0 Å². The highest BCUT2D eigenvalue weighted by molar-refractivity contribution is 5.72. The van der Waals surface area contributed by atoms with Crippen molar-refractivity contribution < 1.29 is 48.6 Å². The van der Waals surface area contributed by atoms with Gasteiger partial charge in [-0.25, -0.2) is 35.1 Å². The molecule has 4 rings (SSSR count). The summed E-state index contributed by atoms with van der Waals surface area (Å²) in [5, 5.41) is 0. The smallest absolute Gasteiger partial charge is 0.429 e. The molecule has 0 aromatic heterocycles. The highest BCUT2D eigenvalue weighted by Gasteiger charge is 2.42. The van der Waals surface area contributed by atoms with Crippen molar-refractivity contribution in [3.8, 4) is 28.0 Å². The average Bonchev–Trinajstić information content (AvgIpc) is 2.88. The van der Waals surface area contributed by atoms with Crippen LogP contribution in [-0.2, 0) is 12.5 Å². The quantitative estimate of drug-likeness (QED) is 0.100. The van der Waals surface area contributed by atoms with E-state index in [1.54, 1.807) is 6.07 Å². The number of benzene rings is 4. The van der Waals surface area contributed by atoms with Crippen molar-refractivity contribution in [2.75, 3.05) is 0 Å². The van der Waals surface area contributed by atoms with Gasteiger partial charge in [0.15, 0.2) is 17.5 Å². The van der Waals surface area contributed by atoms with E-state index in [0.717, 1.165) is 37.8 Å². The number of rotatable bonds is 10. The predicted molar refractivity (Wildman–Crippen MR) is 136 cm³/mol. The van der Waals surface area contributed by atoms with E-state index in [-0.39, 0.29) is 35.4 Å². The first kappa shape index (κ1) is 30.9. The summed E-state index contributed by atoms with van der Waals surface area (Å²) in [6.07, 6.45) is -0.377. The van der Waals surface area contributed by atoms with Gasteiger partial charge in [0.25, 0.3) is 0 Å². The molecule has 0 heterocycles. The second-order valence-corrected chi connectivity index (χ2v) is 9.57. The van der Waals surface area contributed by atoms with E-state index in [1.165, 1.54) is 12.1 Å². The summed E-state index contributed by atoms with van der Waals surface area (Å²) in [4.78, 5) is 0. The lowest BCUT2D eigenvalue weighted by atomic mass is 9.96. The average molecular weight is 600 g/mol. The summed E-state index contributed by atoms with van der Waals surface area (Å²) in [5.74, 6) is -14.6. The summed E-state index contributed by atoms with van der Waals surface area (Å²) in [6.45, 7) is 2.06. The third-order valence-corrected chi connectivity index (χ3v) is 6.53. The Bertz CT molecular complexity index is 1550. The number of alkyl halides is 2. The first-order valence-corrected chi connectivity index (χ1v) is 12.8. The van der Waals surface area contributed by atoms with Crippen LogP contribution in [0.15, 0.2) is 54.6 Å². The predicted octanol–water partition coefficient (Wildman–Crippen LogP) is 10.4. The number of unbranched alkanes of at least 4 members (excludes halogenated alkanes) is 3. The second kappa shape index (κ2) is 12.5. The van der Waals surface area contributed by atoms with Gasteiger partial charge in [-0.1, -0.05) is 38.3 Å². The maximum atomic E-state index is 15.0. The topological polar surface area (TPSA) is 9.23 Å². The van der Waals surface area contributed by atoms with Crippen molar-refractivity contribution in [3.63, 3.8) is 0 Å². The maximum absolute atomic E-state index is 15.0. The minimum Gasteiger partial charge on any atom is -0.429 e. The van der Waals surface area contributed by atoms with Gasteiger partial charge >= 0.3 is 6.11 Å². The van der Waals surface area contributed by atoms with Gasteiger partial charge in [-0.05, 0) is 59.9 Å². The van der Waals surface area contributed by atoms with Crippen molar-refractivity contribution in [2.45, 2.75) is 45.1 Å². The number of hydrogen-bond donors (Lipinski definition) is 0. The van der Waals surface area contributed by atoms with E-state index in [0.29, 0.717) is 12.0 Å². The molecule has 0 atom stereocenters. The molecule has 0 saturated heterocycles. The van der Waals surface area contributed by atoms with Crippen LogP contribution >= 0.6 is 0 Å². The molecule has 0 aliphatic heterocycles. The molecule has 4 aromatic rings. The van der Waals surface area contributed by atoms with E-state index >= 15 is 8.78 Å². The number of ether oxygens (including phenoxy) is 1. The van der Waals surface area contributed by atoms with Gasteiger partial charge in [-0.2, -0.15) is 8.78 Å². The van der Waals surface area contributed by atoms with Crippen LogP contribution in [0.2, 0.25) is 0 Å². The zero-order chi connectivity index (χ0) is 30.8. The van der Waals surface area contributed by atoms with Gasteiger partial charge in [0, 0.05) is 17.7 Å². The highest BCUT2D eigenvalue weighted by atomic mass is 19.3. The van der Waals surface area contributed by atoms with Crippen LogP contribution in [0.1, 0.15) is 43.7 Å². The van der Waals surface area contributed by atoms with E-state index in [4.69, 9.17) is 0 Å². The van der Waals surface area contributed by atoms with Crippen molar-refractivity contribution in [2.24, 2.45) is 0 Å². The minimum atomic E-state index is -4.88. The first-order valence-electron chi connectivity index (χ1n) is 12.8. The Labute approximate surface area is 234 Å². The Kier molecular flexibility index (Phi) is 9.18. The fourth-order valence-corrected chi connectivity index (χ4v) is 4.49. The van der Waals surface area contributed by atoms with Crippen LogP contribution in [0.3, 0.4) is 0 Å². The molecule has 1 nitrogen and oxygen atoms in total. The first-order chi connectivity index (χ1) is 19.8. The lowest BCUT2D eigenvalue weighted by Gasteiger charge is -2.20. The minimum absolute atomic E-state index is 0.0345. The van der Waals surface area contributed by atoms with Crippen LogP contribution in [-0.4, -0.2) is 0 Å². The van der Waals surface area contributed by atoms with Crippen molar-refractivity contribution in [1.29, 1.82) is 0 Å². The Hall–Kier alpha value is -4.02. The molecule has 222 valence electrons. The number of aryl methyl sites for hydroxylation is 1. The molecule has 0 fully saturated rings. The molecule has 4 aromatic carbocycles. The lowest BCUT2D eigenvalue weighted by Crippen LogP contribution is -2.25. The zero-order valence-electron chi connectivity index (χ0n) is 21.9. The standard InChI is InChI=1S/C31H22F10O/c1-2-3-4-5-6-16-7-8-20(21(32)9-16)17-10-22(33)28(23(34)11-17)18-12-24(35)29(25(36)13-18)31(40,41)42-19-14-26(37)30(39)27(38)15-19/h7-15H,2-6H2,1H3. The van der Waals surface area contributed by atoms with Crippen molar-refractivity contribution in [1.82, 2.24) is 0 Å². The molecule has 0 N–H and O–H groups in total. The molecule has 0 radical (unpaired) electrons. The van der Waals surface area contributed by atoms with E-state index in [2.05, 4.69) is 11.7 Å². The van der Waals surface area contributed by atoms with Gasteiger partial charge in [0.05, 0.1) is 5.56 Å². The Morgan fingerprint density at radius 1 is 0.595 bits per heavy atom. The SMILES string of the molecule is CCCCCCc1ccc(-c2cc(F)c(-c3cc(F)c(C(F)(F)Oc4cc(F)c(F)c(F)c4)c(F)c3)c(F)c2)c(F)c1. The summed E-state index contributed by atoms with van der Waals surface area (Å²) < 4.78 is 147. The molecule has 0 unspecified atom stereocenters. The summed E-state index contributed by atoms with van der Waals surface area (Å²) in [6, 6.07) is 6.17. The molecule has 0 amide bonds. The molecule has 42 heavy (non-hydrogen) atoms. The van der Waals surface area contributed by atoms with Crippen LogP contribution in [0.25, 0.3) is 22.3 Å². The number of hydrogen-bond acceptors (Lipinski definition) is 1. The van der Waals surface area contributed by atoms with Crippen LogP contribution in [0.4, 0.5) is 43.9 Å². The maximum Gasteiger partial charge on any atom is 0.432 e. The number of halogens is 10. The van der Waals surface area contributed by atoms with Gasteiger partial charge in [0.1, 0.15) is 40.4 Å². The highest BCUT2D eigenvalue weighted by Crippen LogP contribution is 2.39. The fourth-order valence-electron chi connectivity index (χ4n) is 4.49. The molecular weight excluding hydrogens is 578 g/mol. The molecule has 0 aliphatic rings. The Morgan fingerprint density at radius 2 is 1.17 bits per heavy atom. The molecule has 0 aliphatic carbocycles. The van der Waals surface area contributed by atoms with Gasteiger partial charge in [0.2, 0.25) is 0 Å². The van der Waals surface area contributed by atoms with Gasteiger partial charge in [-0.15, -0.1) is 0 Å². The largest absolute Gasteiger partial charge is 0.432 e. The summed E-state index contributed by atoms with van der Waals surface area (Å²) >= 11 is 0. The Morgan fingerprint density at radius 3 is 1.71 bits per heavy atom. The van der Waals surface area contributed by atoms with E-state index < -0.39 is 75.1 Å². The molecule has 0 saturated carbocycles. The van der Waals surface area contributed by atoms with Crippen LogP contribution in [0, 0.1) is 46.5 Å². The van der Waals surface area contributed by atoms with Crippen molar-refractivity contribution in [3.05, 3.63) is 112 Å². The van der Waals surface area contributed by atoms with Crippen LogP contribution in [0.5, 0.6) is 5.75 Å². The second-order valence-electron chi connectivity index (χ2n) is 9.57.